The van der Waals surface area contributed by atoms with Gasteiger partial charge in [0.25, 0.3) is 0 Å². The molecule has 0 saturated carbocycles. The fourth-order valence-electron chi connectivity index (χ4n) is 1.43. The molecule has 8 heteroatoms. The molecule has 19 heavy (non-hydrogen) atoms. The zero-order chi connectivity index (χ0) is 14.5. The SMILES string of the molecule is CCCCS(=O)(=O)Nc1cc(Cl)ccc1C(N)=NO. The Balaban J connectivity index is 3.09. The minimum Gasteiger partial charge on any atom is -0.409 e. The summed E-state index contributed by atoms with van der Waals surface area (Å²) in [5.41, 5.74) is 5.95. The van der Waals surface area contributed by atoms with Gasteiger partial charge in [-0.25, -0.2) is 8.42 Å². The van der Waals surface area contributed by atoms with E-state index in [1.54, 1.807) is 0 Å². The van der Waals surface area contributed by atoms with Gasteiger partial charge in [0.05, 0.1) is 11.4 Å². The third kappa shape index (κ3) is 4.60. The standard InChI is InChI=1S/C11H16ClN3O3S/c1-2-3-6-19(17,18)15-10-7-8(12)4-5-9(10)11(13)14-16/h4-5,7,15-16H,2-3,6H2,1H3,(H2,13,14). The van der Waals surface area contributed by atoms with Crippen molar-refractivity contribution in [1.29, 1.82) is 0 Å². The minimum atomic E-state index is -3.48. The van der Waals surface area contributed by atoms with Gasteiger partial charge in [0.15, 0.2) is 5.84 Å². The molecule has 0 aliphatic heterocycles. The van der Waals surface area contributed by atoms with Crippen molar-refractivity contribution in [3.05, 3.63) is 28.8 Å². The highest BCUT2D eigenvalue weighted by Gasteiger charge is 2.15. The fraction of sp³-hybridized carbons (Fsp3) is 0.364. The Morgan fingerprint density at radius 3 is 2.79 bits per heavy atom. The monoisotopic (exact) mass is 305 g/mol. The van der Waals surface area contributed by atoms with Gasteiger partial charge in [-0.2, -0.15) is 0 Å². The van der Waals surface area contributed by atoms with Crippen LogP contribution in [0, 0.1) is 0 Å². The molecule has 0 aromatic heterocycles. The average molecular weight is 306 g/mol. The van der Waals surface area contributed by atoms with E-state index in [2.05, 4.69) is 9.88 Å². The Morgan fingerprint density at radius 2 is 2.21 bits per heavy atom. The second kappa shape index (κ2) is 6.63. The lowest BCUT2D eigenvalue weighted by Gasteiger charge is -2.12. The first-order valence-corrected chi connectivity index (χ1v) is 7.70. The van der Waals surface area contributed by atoms with Crippen LogP contribution >= 0.6 is 11.6 Å². The molecule has 1 aromatic carbocycles. The molecule has 0 bridgehead atoms. The maximum absolute atomic E-state index is 11.8. The maximum Gasteiger partial charge on any atom is 0.232 e. The molecule has 0 aliphatic carbocycles. The number of oxime groups is 1. The van der Waals surface area contributed by atoms with Crippen molar-refractivity contribution in [3.63, 3.8) is 0 Å². The lowest BCUT2D eigenvalue weighted by atomic mass is 10.1. The zero-order valence-corrected chi connectivity index (χ0v) is 12.0. The topological polar surface area (TPSA) is 105 Å². The number of halogens is 1. The molecule has 0 radical (unpaired) electrons. The number of amidine groups is 1. The van der Waals surface area contributed by atoms with Crippen LogP contribution in [0.4, 0.5) is 5.69 Å². The van der Waals surface area contributed by atoms with Crippen LogP contribution in [0.3, 0.4) is 0 Å². The molecule has 4 N–H and O–H groups in total. The van der Waals surface area contributed by atoms with Crippen molar-refractivity contribution >= 4 is 33.1 Å². The van der Waals surface area contributed by atoms with E-state index >= 15 is 0 Å². The average Bonchev–Trinajstić information content (AvgIpc) is 2.35. The van der Waals surface area contributed by atoms with Gasteiger partial charge in [0.2, 0.25) is 10.0 Å². The number of sulfonamides is 1. The normalized spacial score (nSPS) is 12.4. The molecular weight excluding hydrogens is 290 g/mol. The Kier molecular flexibility index (Phi) is 5.44. The fourth-order valence-corrected chi connectivity index (χ4v) is 2.88. The van der Waals surface area contributed by atoms with Crippen molar-refractivity contribution in [3.8, 4) is 0 Å². The second-order valence-electron chi connectivity index (χ2n) is 3.95. The number of nitrogens with zero attached hydrogens (tertiary/aromatic N) is 1. The molecule has 0 aliphatic rings. The first kappa shape index (κ1) is 15.6. The molecule has 1 rings (SSSR count). The number of nitrogens with one attached hydrogen (secondary N) is 1. The maximum atomic E-state index is 11.8. The van der Waals surface area contributed by atoms with E-state index in [4.69, 9.17) is 22.5 Å². The van der Waals surface area contributed by atoms with E-state index in [1.165, 1.54) is 18.2 Å². The number of hydrogen-bond acceptors (Lipinski definition) is 4. The number of unbranched alkanes of at least 4 members (excludes halogenated alkanes) is 1. The van der Waals surface area contributed by atoms with Crippen LogP contribution in [0.5, 0.6) is 0 Å². The highest BCUT2D eigenvalue weighted by atomic mass is 35.5. The van der Waals surface area contributed by atoms with E-state index in [9.17, 15) is 8.42 Å². The predicted octanol–water partition coefficient (Wildman–Crippen LogP) is 1.98. The predicted molar refractivity (Wildman–Crippen MR) is 76.3 cm³/mol. The number of anilines is 1. The first-order chi connectivity index (χ1) is 8.89. The highest BCUT2D eigenvalue weighted by Crippen LogP contribution is 2.22. The first-order valence-electron chi connectivity index (χ1n) is 5.67. The van der Waals surface area contributed by atoms with Gasteiger partial charge in [0.1, 0.15) is 0 Å². The number of benzene rings is 1. The van der Waals surface area contributed by atoms with Crippen LogP contribution in [-0.4, -0.2) is 25.2 Å². The molecule has 6 nitrogen and oxygen atoms in total. The van der Waals surface area contributed by atoms with Crippen molar-refractivity contribution in [2.75, 3.05) is 10.5 Å². The van der Waals surface area contributed by atoms with Crippen LogP contribution in [0.1, 0.15) is 25.3 Å². The molecule has 1 aromatic rings. The number of hydrogen-bond donors (Lipinski definition) is 3. The van der Waals surface area contributed by atoms with E-state index in [-0.39, 0.29) is 22.8 Å². The Hall–Kier alpha value is -1.47. The molecule has 106 valence electrons. The van der Waals surface area contributed by atoms with Gasteiger partial charge in [-0.05, 0) is 24.6 Å². The summed E-state index contributed by atoms with van der Waals surface area (Å²) >= 11 is 5.82. The molecule has 0 saturated heterocycles. The van der Waals surface area contributed by atoms with Crippen LogP contribution < -0.4 is 10.5 Å². The molecule has 0 fully saturated rings. The summed E-state index contributed by atoms with van der Waals surface area (Å²) in [6.07, 6.45) is 1.32. The minimum absolute atomic E-state index is 0.00558. The third-order valence-electron chi connectivity index (χ3n) is 2.40. The summed E-state index contributed by atoms with van der Waals surface area (Å²) in [5.74, 6) is -0.184. The highest BCUT2D eigenvalue weighted by molar-refractivity contribution is 7.92. The van der Waals surface area contributed by atoms with Crippen LogP contribution in [-0.2, 0) is 10.0 Å². The van der Waals surface area contributed by atoms with Crippen molar-refractivity contribution in [2.24, 2.45) is 10.9 Å². The lowest BCUT2D eigenvalue weighted by molar-refractivity contribution is 0.318. The third-order valence-corrected chi connectivity index (χ3v) is 3.99. The zero-order valence-electron chi connectivity index (χ0n) is 10.4. The lowest BCUT2D eigenvalue weighted by Crippen LogP contribution is -2.21. The summed E-state index contributed by atoms with van der Waals surface area (Å²) in [4.78, 5) is 0. The second-order valence-corrected chi connectivity index (χ2v) is 6.23. The number of nitrogens with two attached hydrogens (primary N) is 1. The van der Waals surface area contributed by atoms with Gasteiger partial charge in [-0.15, -0.1) is 0 Å². The molecule has 0 spiro atoms. The molecule has 0 amide bonds. The van der Waals surface area contributed by atoms with Crippen LogP contribution in [0.25, 0.3) is 0 Å². The Morgan fingerprint density at radius 1 is 1.53 bits per heavy atom. The van der Waals surface area contributed by atoms with E-state index in [0.29, 0.717) is 11.4 Å². The summed E-state index contributed by atoms with van der Waals surface area (Å²) in [6.45, 7) is 1.90. The van der Waals surface area contributed by atoms with Gasteiger partial charge in [-0.3, -0.25) is 4.72 Å². The largest absolute Gasteiger partial charge is 0.409 e. The molecule has 0 unspecified atom stereocenters. The smallest absolute Gasteiger partial charge is 0.232 e. The number of rotatable bonds is 6. The van der Waals surface area contributed by atoms with E-state index in [1.807, 2.05) is 6.92 Å². The van der Waals surface area contributed by atoms with E-state index in [0.717, 1.165) is 6.42 Å². The summed E-state index contributed by atoms with van der Waals surface area (Å²) < 4.78 is 26.1. The van der Waals surface area contributed by atoms with Crippen LogP contribution in [0.2, 0.25) is 5.02 Å². The van der Waals surface area contributed by atoms with Gasteiger partial charge in [0, 0.05) is 10.6 Å². The Bertz CT molecular complexity index is 573. The van der Waals surface area contributed by atoms with E-state index < -0.39 is 10.0 Å². The summed E-state index contributed by atoms with van der Waals surface area (Å²) in [7, 11) is -3.48. The quantitative estimate of drug-likeness (QED) is 0.323. The van der Waals surface area contributed by atoms with Crippen molar-refractivity contribution in [2.45, 2.75) is 19.8 Å². The van der Waals surface area contributed by atoms with Crippen LogP contribution in [0.15, 0.2) is 23.4 Å². The van der Waals surface area contributed by atoms with Gasteiger partial charge >= 0.3 is 0 Å². The van der Waals surface area contributed by atoms with Crippen molar-refractivity contribution < 1.29 is 13.6 Å². The molecular formula is C11H16ClN3O3S. The molecule has 0 atom stereocenters. The summed E-state index contributed by atoms with van der Waals surface area (Å²) in [5, 5.41) is 11.9. The Labute approximate surface area is 117 Å². The van der Waals surface area contributed by atoms with Gasteiger partial charge in [-0.1, -0.05) is 30.1 Å². The van der Waals surface area contributed by atoms with Gasteiger partial charge < -0.3 is 10.9 Å². The van der Waals surface area contributed by atoms with Crippen molar-refractivity contribution in [1.82, 2.24) is 0 Å². The molecule has 0 heterocycles. The summed E-state index contributed by atoms with van der Waals surface area (Å²) in [6, 6.07) is 4.42.